The molecule has 0 aliphatic heterocycles. The Bertz CT molecular complexity index is 102. The van der Waals surface area contributed by atoms with Crippen molar-refractivity contribution in [2.24, 2.45) is 0 Å². The number of rotatable bonds is 2. The molecule has 0 rings (SSSR count). The zero-order valence-electron chi connectivity index (χ0n) is 3.44. The van der Waals surface area contributed by atoms with Gasteiger partial charge in [-0.05, 0) is 0 Å². The third-order valence-electron chi connectivity index (χ3n) is 0.212. The van der Waals surface area contributed by atoms with Crippen molar-refractivity contribution in [3.05, 3.63) is 12.8 Å². The van der Waals surface area contributed by atoms with Crippen molar-refractivity contribution >= 4 is 14.5 Å². The second-order valence-electron chi connectivity index (χ2n) is 0.763. The van der Waals surface area contributed by atoms with Gasteiger partial charge in [0.25, 0.3) is 0 Å². The fourth-order valence-corrected chi connectivity index (χ4v) is 0.505. The second kappa shape index (κ2) is 2.21. The quantitative estimate of drug-likeness (QED) is 0.409. The Morgan fingerprint density at radius 2 is 2.14 bits per heavy atom. The topological polar surface area (TPSA) is 66.8 Å². The standard InChI is InChI=1S/C2H5AsO4/c1-2-7-3(4,5)6/h2H,1H2,(H2,4,5,6). The summed E-state index contributed by atoms with van der Waals surface area (Å²) in [7, 11) is 0. The zero-order valence-corrected chi connectivity index (χ0v) is 5.32. The first-order valence-corrected chi connectivity index (χ1v) is 4.62. The molecule has 0 aromatic rings. The van der Waals surface area contributed by atoms with Crippen molar-refractivity contribution < 1.29 is 15.7 Å². The van der Waals surface area contributed by atoms with E-state index in [1.165, 1.54) is 0 Å². The molecule has 0 atom stereocenters. The van der Waals surface area contributed by atoms with Crippen molar-refractivity contribution in [1.82, 2.24) is 0 Å². The SMILES string of the molecule is C=CO[As](=O)(O)O. The van der Waals surface area contributed by atoms with Gasteiger partial charge in [-0.3, -0.25) is 0 Å². The van der Waals surface area contributed by atoms with Crippen molar-refractivity contribution in [2.45, 2.75) is 0 Å². The molecule has 2 N–H and O–H groups in total. The molecule has 0 saturated heterocycles. The second-order valence-corrected chi connectivity index (χ2v) is 3.26. The summed E-state index contributed by atoms with van der Waals surface area (Å²) in [5.41, 5.74) is 0. The van der Waals surface area contributed by atoms with E-state index in [2.05, 4.69) is 10.3 Å². The van der Waals surface area contributed by atoms with Gasteiger partial charge in [-0.2, -0.15) is 0 Å². The fraction of sp³-hybridized carbons (Fsp3) is 0. The maximum absolute atomic E-state index is 9.69. The van der Waals surface area contributed by atoms with Crippen LogP contribution in [0.25, 0.3) is 0 Å². The molecular weight excluding hydrogens is 163 g/mol. The fourth-order valence-electron chi connectivity index (χ4n) is 0.0971. The molecule has 0 amide bonds. The van der Waals surface area contributed by atoms with Gasteiger partial charge in [0, 0.05) is 0 Å². The van der Waals surface area contributed by atoms with Crippen LogP contribution in [0.15, 0.2) is 12.8 Å². The molecule has 0 spiro atoms. The Kier molecular flexibility index (Phi) is 2.15. The maximum atomic E-state index is 9.69. The third-order valence-corrected chi connectivity index (χ3v) is 1.10. The van der Waals surface area contributed by atoms with E-state index in [1.807, 2.05) is 0 Å². The van der Waals surface area contributed by atoms with Crippen LogP contribution in [0.3, 0.4) is 0 Å². The van der Waals surface area contributed by atoms with Crippen LogP contribution in [0.5, 0.6) is 0 Å². The molecular formula is C2H5AsO4. The van der Waals surface area contributed by atoms with Crippen LogP contribution in [0.4, 0.5) is 0 Å². The molecule has 0 aromatic heterocycles. The summed E-state index contributed by atoms with van der Waals surface area (Å²) in [5, 5.41) is 0. The van der Waals surface area contributed by atoms with Gasteiger partial charge < -0.3 is 0 Å². The van der Waals surface area contributed by atoms with E-state index in [1.54, 1.807) is 0 Å². The van der Waals surface area contributed by atoms with Crippen LogP contribution in [-0.2, 0) is 7.47 Å². The predicted molar refractivity (Wildman–Crippen MR) is 22.2 cm³/mol. The average Bonchev–Trinajstić information content (AvgIpc) is 1.30. The molecule has 5 heteroatoms. The molecule has 0 heterocycles. The normalized spacial score (nSPS) is 10.6. The Labute approximate surface area is 43.8 Å². The Morgan fingerprint density at radius 1 is 1.71 bits per heavy atom. The third kappa shape index (κ3) is 5.82. The van der Waals surface area contributed by atoms with Crippen molar-refractivity contribution in [2.75, 3.05) is 0 Å². The summed E-state index contributed by atoms with van der Waals surface area (Å²) >= 11 is -4.81. The number of hydrogen-bond donors (Lipinski definition) is 2. The van der Waals surface area contributed by atoms with Crippen LogP contribution in [0, 0.1) is 0 Å². The molecule has 0 radical (unpaired) electrons. The Morgan fingerprint density at radius 3 is 2.14 bits per heavy atom. The molecule has 0 saturated carbocycles. The van der Waals surface area contributed by atoms with E-state index in [4.69, 9.17) is 8.19 Å². The molecule has 0 unspecified atom stereocenters. The summed E-state index contributed by atoms with van der Waals surface area (Å²) in [5.74, 6) is 0. The number of hydrogen-bond acceptors (Lipinski definition) is 2. The minimum atomic E-state index is -4.81. The molecule has 0 bridgehead atoms. The van der Waals surface area contributed by atoms with Gasteiger partial charge in [0.2, 0.25) is 0 Å². The van der Waals surface area contributed by atoms with E-state index in [0.29, 0.717) is 0 Å². The molecule has 0 aliphatic rings. The Balaban J connectivity index is 3.57. The van der Waals surface area contributed by atoms with E-state index in [-0.39, 0.29) is 0 Å². The molecule has 4 nitrogen and oxygen atoms in total. The average molecular weight is 168 g/mol. The first kappa shape index (κ1) is 6.82. The van der Waals surface area contributed by atoms with Gasteiger partial charge in [-0.15, -0.1) is 0 Å². The summed E-state index contributed by atoms with van der Waals surface area (Å²) in [6.45, 7) is 2.95. The van der Waals surface area contributed by atoms with Crippen molar-refractivity contribution in [1.29, 1.82) is 0 Å². The van der Waals surface area contributed by atoms with Gasteiger partial charge >= 0.3 is 43.0 Å². The van der Waals surface area contributed by atoms with E-state index in [0.717, 1.165) is 6.26 Å². The summed E-state index contributed by atoms with van der Waals surface area (Å²) in [4.78, 5) is 0. The van der Waals surface area contributed by atoms with Crippen molar-refractivity contribution in [3.63, 3.8) is 0 Å². The summed E-state index contributed by atoms with van der Waals surface area (Å²) < 4.78 is 29.2. The van der Waals surface area contributed by atoms with Gasteiger partial charge in [0.15, 0.2) is 0 Å². The van der Waals surface area contributed by atoms with Crippen LogP contribution < -0.4 is 0 Å². The molecule has 7 heavy (non-hydrogen) atoms. The Hall–Kier alpha value is -0.182. The van der Waals surface area contributed by atoms with Crippen LogP contribution in [0.1, 0.15) is 0 Å². The van der Waals surface area contributed by atoms with E-state index in [9.17, 15) is 3.74 Å². The first-order valence-electron chi connectivity index (χ1n) is 1.41. The van der Waals surface area contributed by atoms with Gasteiger partial charge in [0.05, 0.1) is 0 Å². The minimum absolute atomic E-state index is 0.722. The molecule has 42 valence electrons. The zero-order chi connectivity index (χ0) is 5.91. The monoisotopic (exact) mass is 168 g/mol. The van der Waals surface area contributed by atoms with Gasteiger partial charge in [0.1, 0.15) is 0 Å². The molecule has 0 aromatic carbocycles. The van der Waals surface area contributed by atoms with Crippen molar-refractivity contribution in [3.8, 4) is 0 Å². The van der Waals surface area contributed by atoms with Gasteiger partial charge in [-0.1, -0.05) is 0 Å². The first-order chi connectivity index (χ1) is 3.06. The molecule has 0 aliphatic carbocycles. The van der Waals surface area contributed by atoms with Gasteiger partial charge in [-0.25, -0.2) is 0 Å². The summed E-state index contributed by atoms with van der Waals surface area (Å²) in [6.07, 6.45) is 0.722. The van der Waals surface area contributed by atoms with Crippen LogP contribution in [0.2, 0.25) is 0 Å². The van der Waals surface area contributed by atoms with Crippen LogP contribution in [-0.4, -0.2) is 22.7 Å². The van der Waals surface area contributed by atoms with E-state index >= 15 is 0 Å². The molecule has 0 fully saturated rings. The predicted octanol–water partition coefficient (Wildman–Crippen LogP) is -1.00. The van der Waals surface area contributed by atoms with E-state index < -0.39 is 14.5 Å². The van der Waals surface area contributed by atoms with Crippen LogP contribution >= 0.6 is 0 Å². The summed E-state index contributed by atoms with van der Waals surface area (Å²) in [6, 6.07) is 0.